The number of nitrogens with one attached hydrogen (secondary N) is 2. The molecule has 0 aromatic heterocycles. The second-order valence-corrected chi connectivity index (χ2v) is 4.49. The second-order valence-electron chi connectivity index (χ2n) is 4.09. The van der Waals surface area contributed by atoms with Crippen molar-refractivity contribution in [2.75, 3.05) is 11.1 Å². The minimum atomic E-state index is -1.20. The molecule has 1 rings (SSSR count). The van der Waals surface area contributed by atoms with Gasteiger partial charge in [0.05, 0.1) is 10.7 Å². The van der Waals surface area contributed by atoms with E-state index in [1.165, 1.54) is 13.0 Å². The van der Waals surface area contributed by atoms with Gasteiger partial charge in [0.2, 0.25) is 0 Å². The van der Waals surface area contributed by atoms with Gasteiger partial charge in [0, 0.05) is 11.9 Å². The van der Waals surface area contributed by atoms with Gasteiger partial charge in [-0.3, -0.25) is 9.59 Å². The molecule has 5 N–H and O–H groups in total. The normalized spacial score (nSPS) is 12.1. The fraction of sp³-hybridized carbons (Fsp3) is 0.154. The third-order valence-corrected chi connectivity index (χ3v) is 2.76. The van der Waals surface area contributed by atoms with E-state index in [0.29, 0.717) is 16.4 Å². The highest BCUT2D eigenvalue weighted by Gasteiger charge is 2.17. The average Bonchev–Trinajstić information content (AvgIpc) is 2.41. The maximum Gasteiger partial charge on any atom is 0.325 e. The number of nitrogen functional groups attached to an aromatic ring is 1. The summed E-state index contributed by atoms with van der Waals surface area (Å²) in [4.78, 5) is 22.3. The topological polar surface area (TPSA) is 128 Å². The van der Waals surface area contributed by atoms with Crippen molar-refractivity contribution in [1.29, 1.82) is 5.26 Å². The van der Waals surface area contributed by atoms with Crippen molar-refractivity contribution in [3.63, 3.8) is 0 Å². The van der Waals surface area contributed by atoms with E-state index in [4.69, 9.17) is 27.7 Å². The summed E-state index contributed by atoms with van der Waals surface area (Å²) in [5.74, 6) is -2.00. The van der Waals surface area contributed by atoms with Gasteiger partial charge in [0.1, 0.15) is 17.7 Å². The van der Waals surface area contributed by atoms with E-state index in [0.717, 1.165) is 6.20 Å². The highest BCUT2D eigenvalue weighted by atomic mass is 35.5. The Morgan fingerprint density at radius 3 is 2.71 bits per heavy atom. The zero-order valence-corrected chi connectivity index (χ0v) is 11.8. The van der Waals surface area contributed by atoms with Gasteiger partial charge in [-0.05, 0) is 25.1 Å². The fourth-order valence-corrected chi connectivity index (χ4v) is 1.53. The summed E-state index contributed by atoms with van der Waals surface area (Å²) in [6.07, 6.45) is 1.14. The zero-order chi connectivity index (χ0) is 16.0. The number of carbonyl (C=O) groups excluding carboxylic acids is 1. The number of amides is 1. The van der Waals surface area contributed by atoms with Gasteiger partial charge in [-0.1, -0.05) is 11.6 Å². The number of rotatable bonds is 5. The summed E-state index contributed by atoms with van der Waals surface area (Å²) in [6.45, 7) is 1.29. The molecule has 7 nitrogen and oxygen atoms in total. The number of carboxylic acids is 1. The quantitative estimate of drug-likeness (QED) is 0.369. The first kappa shape index (κ1) is 16.3. The monoisotopic (exact) mass is 308 g/mol. The van der Waals surface area contributed by atoms with Crippen LogP contribution in [0.15, 0.2) is 30.0 Å². The van der Waals surface area contributed by atoms with E-state index < -0.39 is 17.9 Å². The van der Waals surface area contributed by atoms with Crippen LogP contribution >= 0.6 is 11.6 Å². The predicted octanol–water partition coefficient (Wildman–Crippen LogP) is 1.33. The molecule has 0 aliphatic rings. The summed E-state index contributed by atoms with van der Waals surface area (Å²) in [6, 6.07) is 5.26. The Balaban J connectivity index is 2.83. The van der Waals surface area contributed by atoms with Crippen LogP contribution in [-0.2, 0) is 9.59 Å². The van der Waals surface area contributed by atoms with Crippen LogP contribution in [0.25, 0.3) is 0 Å². The van der Waals surface area contributed by atoms with E-state index in [9.17, 15) is 9.59 Å². The Morgan fingerprint density at radius 2 is 2.19 bits per heavy atom. The summed E-state index contributed by atoms with van der Waals surface area (Å²) < 4.78 is 0. The summed E-state index contributed by atoms with van der Waals surface area (Å²) in [7, 11) is 0. The third kappa shape index (κ3) is 4.71. The van der Waals surface area contributed by atoms with E-state index in [2.05, 4.69) is 10.6 Å². The molecule has 0 bridgehead atoms. The molecular weight excluding hydrogens is 296 g/mol. The molecule has 1 aromatic carbocycles. The van der Waals surface area contributed by atoms with Crippen LogP contribution in [-0.4, -0.2) is 23.0 Å². The van der Waals surface area contributed by atoms with Gasteiger partial charge >= 0.3 is 5.97 Å². The lowest BCUT2D eigenvalue weighted by molar-refractivity contribution is -0.140. The van der Waals surface area contributed by atoms with Crippen molar-refractivity contribution in [3.05, 3.63) is 35.0 Å². The SMILES string of the molecule is CC(NC(=O)/C(C#N)=C\Nc1ccc(N)cc1Cl)C(=O)O. The van der Waals surface area contributed by atoms with Crippen molar-refractivity contribution in [2.24, 2.45) is 0 Å². The van der Waals surface area contributed by atoms with Crippen molar-refractivity contribution in [3.8, 4) is 6.07 Å². The fourth-order valence-electron chi connectivity index (χ4n) is 1.28. The van der Waals surface area contributed by atoms with Crippen molar-refractivity contribution in [1.82, 2.24) is 5.32 Å². The van der Waals surface area contributed by atoms with Crippen LogP contribution in [0.5, 0.6) is 0 Å². The number of halogens is 1. The molecule has 0 saturated carbocycles. The van der Waals surface area contributed by atoms with Gasteiger partial charge in [-0.2, -0.15) is 5.26 Å². The maximum atomic E-state index is 11.7. The van der Waals surface area contributed by atoms with E-state index in [1.807, 2.05) is 0 Å². The first-order chi connectivity index (χ1) is 9.85. The Labute approximate surface area is 126 Å². The van der Waals surface area contributed by atoms with Crippen molar-refractivity contribution < 1.29 is 14.7 Å². The lowest BCUT2D eigenvalue weighted by atomic mass is 10.2. The molecule has 0 fully saturated rings. The standard InChI is InChI=1S/C13H13ClN4O3/c1-7(13(20)21)18-12(19)8(5-15)6-17-11-3-2-9(16)4-10(11)14/h2-4,6-7,17H,16H2,1H3,(H,18,19)(H,20,21)/b8-6-. The van der Waals surface area contributed by atoms with Crippen molar-refractivity contribution >= 4 is 34.9 Å². The Bertz CT molecular complexity index is 637. The van der Waals surface area contributed by atoms with Gasteiger partial charge in [-0.25, -0.2) is 0 Å². The molecule has 1 atom stereocenters. The number of anilines is 2. The average molecular weight is 309 g/mol. The molecule has 0 aliphatic carbocycles. The van der Waals surface area contributed by atoms with Crippen LogP contribution in [0.2, 0.25) is 5.02 Å². The minimum Gasteiger partial charge on any atom is -0.480 e. The molecule has 0 saturated heterocycles. The van der Waals surface area contributed by atoms with Crippen LogP contribution in [0.3, 0.4) is 0 Å². The smallest absolute Gasteiger partial charge is 0.325 e. The molecule has 21 heavy (non-hydrogen) atoms. The van der Waals surface area contributed by atoms with E-state index >= 15 is 0 Å². The molecule has 0 aliphatic heterocycles. The lowest BCUT2D eigenvalue weighted by Crippen LogP contribution is -2.39. The number of carboxylic acid groups (broad SMARTS) is 1. The molecule has 0 heterocycles. The summed E-state index contributed by atoms with van der Waals surface area (Å²) >= 11 is 5.93. The highest BCUT2D eigenvalue weighted by Crippen LogP contribution is 2.24. The number of hydrogen-bond acceptors (Lipinski definition) is 5. The van der Waals surface area contributed by atoms with Crippen LogP contribution < -0.4 is 16.4 Å². The Hall–Kier alpha value is -2.72. The number of hydrogen-bond donors (Lipinski definition) is 4. The first-order valence-corrected chi connectivity index (χ1v) is 6.18. The number of nitrogens with zero attached hydrogens (tertiary/aromatic N) is 1. The van der Waals surface area contributed by atoms with Gasteiger partial charge in [0.25, 0.3) is 5.91 Å². The Morgan fingerprint density at radius 1 is 1.52 bits per heavy atom. The molecule has 110 valence electrons. The van der Waals surface area contributed by atoms with Gasteiger partial charge < -0.3 is 21.5 Å². The molecule has 0 spiro atoms. The van der Waals surface area contributed by atoms with Crippen LogP contribution in [0.4, 0.5) is 11.4 Å². The predicted molar refractivity (Wildman–Crippen MR) is 78.4 cm³/mol. The molecule has 8 heteroatoms. The molecular formula is C13H13ClN4O3. The zero-order valence-electron chi connectivity index (χ0n) is 11.1. The first-order valence-electron chi connectivity index (χ1n) is 5.80. The molecule has 1 aromatic rings. The Kier molecular flexibility index (Phi) is 5.57. The second kappa shape index (κ2) is 7.17. The molecule has 1 unspecified atom stereocenters. The van der Waals surface area contributed by atoms with Crippen LogP contribution in [0, 0.1) is 11.3 Å². The number of aliphatic carboxylic acids is 1. The highest BCUT2D eigenvalue weighted by molar-refractivity contribution is 6.33. The maximum absolute atomic E-state index is 11.7. The van der Waals surface area contributed by atoms with Crippen molar-refractivity contribution in [2.45, 2.75) is 13.0 Å². The van der Waals surface area contributed by atoms with Gasteiger partial charge in [-0.15, -0.1) is 0 Å². The molecule has 1 amide bonds. The van der Waals surface area contributed by atoms with Crippen LogP contribution in [0.1, 0.15) is 6.92 Å². The number of benzene rings is 1. The van der Waals surface area contributed by atoms with E-state index in [1.54, 1.807) is 18.2 Å². The summed E-state index contributed by atoms with van der Waals surface area (Å²) in [5.41, 5.74) is 6.19. The van der Waals surface area contributed by atoms with Gasteiger partial charge in [0.15, 0.2) is 0 Å². The molecule has 0 radical (unpaired) electrons. The third-order valence-electron chi connectivity index (χ3n) is 2.45. The number of nitriles is 1. The summed E-state index contributed by atoms with van der Waals surface area (Å²) in [5, 5.41) is 22.8. The minimum absolute atomic E-state index is 0.281. The number of nitrogens with two attached hydrogens (primary N) is 1. The van der Waals surface area contributed by atoms with E-state index in [-0.39, 0.29) is 5.57 Å². The lowest BCUT2D eigenvalue weighted by Gasteiger charge is -2.09. The largest absolute Gasteiger partial charge is 0.480 e. The number of carbonyl (C=O) groups is 2.